The Morgan fingerprint density at radius 1 is 1.22 bits per heavy atom. The van der Waals surface area contributed by atoms with Crippen LogP contribution in [0.2, 0.25) is 10.0 Å². The number of fused-ring (bicyclic) bond motifs is 2. The molecule has 1 atom stereocenters. The van der Waals surface area contributed by atoms with Gasteiger partial charge in [0.2, 0.25) is 0 Å². The summed E-state index contributed by atoms with van der Waals surface area (Å²) < 4.78 is 5.41. The zero-order valence-electron chi connectivity index (χ0n) is 14.1. The highest BCUT2D eigenvalue weighted by atomic mass is 35.5. The molecule has 2 aromatic carbocycles. The molecular formula is C19H14Cl2N2O4. The molecule has 0 bridgehead atoms. The summed E-state index contributed by atoms with van der Waals surface area (Å²) >= 11 is 12.0. The fourth-order valence-corrected chi connectivity index (χ4v) is 3.66. The Kier molecular flexibility index (Phi) is 4.25. The lowest BCUT2D eigenvalue weighted by Gasteiger charge is -2.13. The molecule has 27 heavy (non-hydrogen) atoms. The van der Waals surface area contributed by atoms with Crippen LogP contribution in [-0.4, -0.2) is 28.0 Å². The molecule has 2 heterocycles. The van der Waals surface area contributed by atoms with Crippen molar-refractivity contribution in [1.82, 2.24) is 10.3 Å². The van der Waals surface area contributed by atoms with Crippen molar-refractivity contribution in [2.45, 2.75) is 19.4 Å². The van der Waals surface area contributed by atoms with Gasteiger partial charge in [0.25, 0.3) is 5.91 Å². The number of carbonyl (C=O) groups is 2. The van der Waals surface area contributed by atoms with Gasteiger partial charge in [0.15, 0.2) is 0 Å². The van der Waals surface area contributed by atoms with Crippen molar-refractivity contribution >= 4 is 46.0 Å². The number of aromatic nitrogens is 1. The number of aromatic amines is 1. The van der Waals surface area contributed by atoms with Crippen molar-refractivity contribution in [3.05, 3.63) is 57.2 Å². The summed E-state index contributed by atoms with van der Waals surface area (Å²) in [7, 11) is 0. The molecule has 0 radical (unpaired) electrons. The molecule has 3 N–H and O–H groups in total. The zero-order valence-corrected chi connectivity index (χ0v) is 15.6. The first kappa shape index (κ1) is 17.7. The lowest BCUT2D eigenvalue weighted by atomic mass is 10.0. The van der Waals surface area contributed by atoms with Crippen LogP contribution in [0.4, 0.5) is 0 Å². The molecule has 0 aliphatic carbocycles. The first-order chi connectivity index (χ1) is 12.8. The second-order valence-electron chi connectivity index (χ2n) is 6.36. The number of phenolic OH excluding ortho intramolecular Hbond substituents is 1. The third-order valence-corrected chi connectivity index (χ3v) is 5.25. The van der Waals surface area contributed by atoms with Crippen LogP contribution in [0.1, 0.15) is 21.5 Å². The predicted octanol–water partition coefficient (Wildman–Crippen LogP) is 3.75. The summed E-state index contributed by atoms with van der Waals surface area (Å²) in [6, 6.07) is 5.26. The predicted molar refractivity (Wildman–Crippen MR) is 102 cm³/mol. The van der Waals surface area contributed by atoms with Gasteiger partial charge in [-0.2, -0.15) is 0 Å². The lowest BCUT2D eigenvalue weighted by Crippen LogP contribution is -2.42. The number of amides is 1. The first-order valence-corrected chi connectivity index (χ1v) is 8.91. The monoisotopic (exact) mass is 404 g/mol. The van der Waals surface area contributed by atoms with Crippen molar-refractivity contribution in [3.8, 4) is 11.5 Å². The molecule has 8 heteroatoms. The van der Waals surface area contributed by atoms with Crippen LogP contribution < -0.4 is 10.1 Å². The molecule has 1 aromatic heterocycles. The maximum atomic E-state index is 12.7. The highest BCUT2D eigenvalue weighted by Gasteiger charge is 2.32. The van der Waals surface area contributed by atoms with Crippen molar-refractivity contribution in [2.24, 2.45) is 0 Å². The third kappa shape index (κ3) is 3.01. The average Bonchev–Trinajstić information content (AvgIpc) is 2.95. The number of nitrogens with one attached hydrogen (secondary N) is 2. The standard InChI is InChI=1S/C19H14Cl2N2O4/c1-8-11(21)2-3-15-16(8)18(25)23-13(19(26)27-15)4-9-7-22-12-5-10(20)6-14(24)17(9)12/h2-3,5-7,13,22,24H,4H2,1H3,(H,23,25). The van der Waals surface area contributed by atoms with E-state index in [4.69, 9.17) is 27.9 Å². The Morgan fingerprint density at radius 2 is 2.00 bits per heavy atom. The van der Waals surface area contributed by atoms with Crippen molar-refractivity contribution in [2.75, 3.05) is 0 Å². The minimum atomic E-state index is -0.919. The fraction of sp³-hybridized carbons (Fsp3) is 0.158. The fourth-order valence-electron chi connectivity index (χ4n) is 3.29. The van der Waals surface area contributed by atoms with Gasteiger partial charge in [-0.15, -0.1) is 0 Å². The van der Waals surface area contributed by atoms with E-state index in [2.05, 4.69) is 10.3 Å². The van der Waals surface area contributed by atoms with Gasteiger partial charge in [0.05, 0.1) is 11.1 Å². The van der Waals surface area contributed by atoms with E-state index in [1.165, 1.54) is 12.1 Å². The number of hydrogen-bond acceptors (Lipinski definition) is 4. The number of phenols is 1. The van der Waals surface area contributed by atoms with E-state index in [9.17, 15) is 14.7 Å². The minimum absolute atomic E-state index is 0.00650. The van der Waals surface area contributed by atoms with Crippen LogP contribution in [0.25, 0.3) is 10.9 Å². The summed E-state index contributed by atoms with van der Waals surface area (Å²) in [6.45, 7) is 1.69. The van der Waals surface area contributed by atoms with Gasteiger partial charge in [-0.05, 0) is 42.3 Å². The first-order valence-electron chi connectivity index (χ1n) is 8.15. The van der Waals surface area contributed by atoms with Gasteiger partial charge in [-0.25, -0.2) is 4.79 Å². The summed E-state index contributed by atoms with van der Waals surface area (Å²) in [5.41, 5.74) is 2.07. The molecule has 1 aliphatic heterocycles. The normalized spacial score (nSPS) is 16.6. The van der Waals surface area contributed by atoms with Crippen molar-refractivity contribution in [1.29, 1.82) is 0 Å². The molecule has 1 amide bonds. The number of aromatic hydroxyl groups is 1. The lowest BCUT2D eigenvalue weighted by molar-refractivity contribution is -0.136. The van der Waals surface area contributed by atoms with Gasteiger partial charge < -0.3 is 20.1 Å². The Labute approximate surface area is 164 Å². The summed E-state index contributed by atoms with van der Waals surface area (Å²) in [4.78, 5) is 28.2. The van der Waals surface area contributed by atoms with E-state index in [0.29, 0.717) is 32.1 Å². The molecule has 6 nitrogen and oxygen atoms in total. The van der Waals surface area contributed by atoms with Gasteiger partial charge in [0, 0.05) is 28.0 Å². The van der Waals surface area contributed by atoms with E-state index in [1.807, 2.05) is 0 Å². The quantitative estimate of drug-likeness (QED) is 0.448. The Balaban J connectivity index is 1.70. The van der Waals surface area contributed by atoms with E-state index >= 15 is 0 Å². The van der Waals surface area contributed by atoms with Crippen molar-refractivity contribution < 1.29 is 19.4 Å². The molecular weight excluding hydrogens is 391 g/mol. The van der Waals surface area contributed by atoms with E-state index in [-0.39, 0.29) is 23.5 Å². The topological polar surface area (TPSA) is 91.4 Å². The maximum absolute atomic E-state index is 12.7. The zero-order chi connectivity index (χ0) is 19.3. The molecule has 0 fully saturated rings. The SMILES string of the molecule is Cc1c(Cl)ccc2c1C(=O)NC(Cc1c[nH]c3cc(Cl)cc(O)c13)C(=O)O2. The van der Waals surface area contributed by atoms with Gasteiger partial charge in [-0.3, -0.25) is 4.79 Å². The minimum Gasteiger partial charge on any atom is -0.507 e. The van der Waals surface area contributed by atoms with Crippen molar-refractivity contribution in [3.63, 3.8) is 0 Å². The number of esters is 1. The molecule has 1 unspecified atom stereocenters. The molecule has 138 valence electrons. The molecule has 4 rings (SSSR count). The number of halogens is 2. The number of ether oxygens (including phenoxy) is 1. The highest BCUT2D eigenvalue weighted by Crippen LogP contribution is 2.33. The van der Waals surface area contributed by atoms with E-state index in [1.54, 1.807) is 25.3 Å². The van der Waals surface area contributed by atoms with Gasteiger partial charge in [0.1, 0.15) is 17.5 Å². The second kappa shape index (κ2) is 6.48. The van der Waals surface area contributed by atoms with Crippen LogP contribution in [-0.2, 0) is 11.2 Å². The molecule has 0 saturated carbocycles. The summed E-state index contributed by atoms with van der Waals surface area (Å²) in [5, 5.41) is 14.2. The van der Waals surface area contributed by atoms with E-state index < -0.39 is 17.9 Å². The number of carbonyl (C=O) groups excluding carboxylic acids is 2. The highest BCUT2D eigenvalue weighted by molar-refractivity contribution is 6.32. The van der Waals surface area contributed by atoms with Gasteiger partial charge >= 0.3 is 5.97 Å². The summed E-state index contributed by atoms with van der Waals surface area (Å²) in [6.07, 6.45) is 1.81. The van der Waals surface area contributed by atoms with Crippen LogP contribution in [0.3, 0.4) is 0 Å². The third-order valence-electron chi connectivity index (χ3n) is 4.62. The Hall–Kier alpha value is -2.70. The van der Waals surface area contributed by atoms with E-state index in [0.717, 1.165) is 0 Å². The number of hydrogen-bond donors (Lipinski definition) is 3. The number of benzene rings is 2. The van der Waals surface area contributed by atoms with Crippen LogP contribution in [0.5, 0.6) is 11.5 Å². The molecule has 1 aliphatic rings. The second-order valence-corrected chi connectivity index (χ2v) is 7.20. The smallest absolute Gasteiger partial charge is 0.334 e. The maximum Gasteiger partial charge on any atom is 0.334 e. The molecule has 0 saturated heterocycles. The van der Waals surface area contributed by atoms with Gasteiger partial charge in [-0.1, -0.05) is 23.2 Å². The van der Waals surface area contributed by atoms with Crippen LogP contribution in [0.15, 0.2) is 30.5 Å². The number of H-pyrrole nitrogens is 1. The molecule has 3 aromatic rings. The molecule has 0 spiro atoms. The Bertz CT molecular complexity index is 1110. The number of rotatable bonds is 2. The van der Waals surface area contributed by atoms with Crippen LogP contribution in [0, 0.1) is 6.92 Å². The van der Waals surface area contributed by atoms with Crippen LogP contribution >= 0.6 is 23.2 Å². The summed E-state index contributed by atoms with van der Waals surface area (Å²) in [5.74, 6) is -0.858. The largest absolute Gasteiger partial charge is 0.507 e. The Morgan fingerprint density at radius 3 is 2.78 bits per heavy atom. The average molecular weight is 405 g/mol.